The molecule has 0 unspecified atom stereocenters. The number of carbonyl (C=O) groups excluding carboxylic acids is 3. The number of carbonyl (C=O) groups is 3. The van der Waals surface area contributed by atoms with E-state index in [4.69, 9.17) is 4.74 Å². The summed E-state index contributed by atoms with van der Waals surface area (Å²) in [7, 11) is 0. The molecule has 0 saturated carbocycles. The summed E-state index contributed by atoms with van der Waals surface area (Å²) in [4.78, 5) is 36.7. The highest BCUT2D eigenvalue weighted by Gasteiger charge is 2.13. The molecule has 126 valence electrons. The normalized spacial score (nSPS) is 10.0. The molecule has 0 radical (unpaired) electrons. The van der Waals surface area contributed by atoms with E-state index in [0.29, 0.717) is 18.7 Å². The van der Waals surface area contributed by atoms with Crippen molar-refractivity contribution in [2.24, 2.45) is 0 Å². The number of hydrogen-bond acceptors (Lipinski definition) is 4. The first kappa shape index (κ1) is 19.2. The number of ether oxygens (including phenoxy) is 1. The number of amides is 2. The molecule has 2 amide bonds. The number of benzene rings is 1. The molecule has 23 heavy (non-hydrogen) atoms. The fourth-order valence-corrected chi connectivity index (χ4v) is 2.13. The van der Waals surface area contributed by atoms with E-state index in [0.717, 1.165) is 4.47 Å². The second kappa shape index (κ2) is 9.99. The van der Waals surface area contributed by atoms with Crippen LogP contribution in [0.1, 0.15) is 30.6 Å². The van der Waals surface area contributed by atoms with Gasteiger partial charge in [-0.2, -0.15) is 0 Å². The van der Waals surface area contributed by atoms with Crippen molar-refractivity contribution >= 4 is 33.7 Å². The molecule has 0 aliphatic rings. The Morgan fingerprint density at radius 1 is 1.13 bits per heavy atom. The van der Waals surface area contributed by atoms with Crippen molar-refractivity contribution in [1.29, 1.82) is 0 Å². The maximum Gasteiger partial charge on any atom is 0.308 e. The lowest BCUT2D eigenvalue weighted by atomic mass is 10.2. The first-order valence-corrected chi connectivity index (χ1v) is 8.24. The third-order valence-corrected chi connectivity index (χ3v) is 3.72. The van der Waals surface area contributed by atoms with Gasteiger partial charge >= 0.3 is 5.97 Å². The molecule has 0 saturated heterocycles. The Bertz CT molecular complexity index is 542. The molecule has 7 heteroatoms. The molecule has 1 aromatic rings. The van der Waals surface area contributed by atoms with Gasteiger partial charge in [0.05, 0.1) is 6.42 Å². The number of likely N-dealkylation sites (N-methyl/N-ethyl adjacent to an activating group) is 1. The Labute approximate surface area is 144 Å². The number of nitrogens with zero attached hydrogens (tertiary/aromatic N) is 1. The lowest BCUT2D eigenvalue weighted by Gasteiger charge is -2.18. The van der Waals surface area contributed by atoms with Gasteiger partial charge in [-0.25, -0.2) is 0 Å². The van der Waals surface area contributed by atoms with Crippen molar-refractivity contribution < 1.29 is 19.1 Å². The van der Waals surface area contributed by atoms with Gasteiger partial charge in [0, 0.05) is 29.7 Å². The average molecular weight is 385 g/mol. The highest BCUT2D eigenvalue weighted by atomic mass is 79.9. The van der Waals surface area contributed by atoms with Gasteiger partial charge in [0.25, 0.3) is 11.8 Å². The van der Waals surface area contributed by atoms with Gasteiger partial charge < -0.3 is 15.0 Å². The largest absolute Gasteiger partial charge is 0.456 e. The van der Waals surface area contributed by atoms with Crippen molar-refractivity contribution in [1.82, 2.24) is 10.2 Å². The Balaban J connectivity index is 2.27. The van der Waals surface area contributed by atoms with Crippen LogP contribution in [-0.4, -0.2) is 48.9 Å². The summed E-state index contributed by atoms with van der Waals surface area (Å²) in [5.41, 5.74) is 0.512. The van der Waals surface area contributed by atoms with Gasteiger partial charge in [0.1, 0.15) is 0 Å². The van der Waals surface area contributed by atoms with Crippen LogP contribution in [-0.2, 0) is 14.3 Å². The van der Waals surface area contributed by atoms with Crippen LogP contribution < -0.4 is 5.32 Å². The second-order valence-corrected chi connectivity index (χ2v) is 5.66. The van der Waals surface area contributed by atoms with Crippen molar-refractivity contribution in [3.05, 3.63) is 34.3 Å². The highest BCUT2D eigenvalue weighted by molar-refractivity contribution is 9.10. The standard InChI is InChI=1S/C16H21BrN2O4/c1-3-19(4-2)14(20)11-23-15(21)9-10-18-16(22)12-5-7-13(17)8-6-12/h5-8H,3-4,9-11H2,1-2H3,(H,18,22). The molecule has 1 aromatic carbocycles. The van der Waals surface area contributed by atoms with E-state index in [-0.39, 0.29) is 31.4 Å². The molecular formula is C16H21BrN2O4. The van der Waals surface area contributed by atoms with Crippen LogP contribution in [0.3, 0.4) is 0 Å². The smallest absolute Gasteiger partial charge is 0.308 e. The topological polar surface area (TPSA) is 75.7 Å². The van der Waals surface area contributed by atoms with Crippen LogP contribution in [0.2, 0.25) is 0 Å². The molecule has 1 N–H and O–H groups in total. The number of nitrogens with one attached hydrogen (secondary N) is 1. The van der Waals surface area contributed by atoms with E-state index in [9.17, 15) is 14.4 Å². The lowest BCUT2D eigenvalue weighted by molar-refractivity contribution is -0.151. The van der Waals surface area contributed by atoms with Crippen LogP contribution >= 0.6 is 15.9 Å². The van der Waals surface area contributed by atoms with Crippen LogP contribution in [0.15, 0.2) is 28.7 Å². The minimum absolute atomic E-state index is 0.0216. The lowest BCUT2D eigenvalue weighted by Crippen LogP contribution is -2.34. The Kier molecular flexibility index (Phi) is 8.32. The van der Waals surface area contributed by atoms with Crippen LogP contribution in [0, 0.1) is 0 Å². The molecule has 0 fully saturated rings. The van der Waals surface area contributed by atoms with Gasteiger partial charge in [-0.15, -0.1) is 0 Å². The molecule has 1 rings (SSSR count). The van der Waals surface area contributed by atoms with E-state index < -0.39 is 5.97 Å². The summed E-state index contributed by atoms with van der Waals surface area (Å²) >= 11 is 3.29. The van der Waals surface area contributed by atoms with E-state index in [1.807, 2.05) is 13.8 Å². The molecule has 0 aromatic heterocycles. The molecule has 0 atom stereocenters. The molecule has 0 aliphatic carbocycles. The van der Waals surface area contributed by atoms with Crippen molar-refractivity contribution in [2.75, 3.05) is 26.2 Å². The van der Waals surface area contributed by atoms with Gasteiger partial charge in [0.15, 0.2) is 6.61 Å². The second-order valence-electron chi connectivity index (χ2n) is 4.74. The Morgan fingerprint density at radius 3 is 2.30 bits per heavy atom. The highest BCUT2D eigenvalue weighted by Crippen LogP contribution is 2.10. The SMILES string of the molecule is CCN(CC)C(=O)COC(=O)CCNC(=O)c1ccc(Br)cc1. The van der Waals surface area contributed by atoms with Crippen LogP contribution in [0.4, 0.5) is 0 Å². The fourth-order valence-electron chi connectivity index (χ4n) is 1.86. The summed E-state index contributed by atoms with van der Waals surface area (Å²) in [5.74, 6) is -0.992. The maximum absolute atomic E-state index is 11.8. The van der Waals surface area contributed by atoms with Crippen LogP contribution in [0.5, 0.6) is 0 Å². The van der Waals surface area contributed by atoms with Gasteiger partial charge in [-0.3, -0.25) is 14.4 Å². The summed E-state index contributed by atoms with van der Waals surface area (Å²) in [6.45, 7) is 4.78. The average Bonchev–Trinajstić information content (AvgIpc) is 2.54. The molecule has 0 aliphatic heterocycles. The monoisotopic (exact) mass is 384 g/mol. The summed E-state index contributed by atoms with van der Waals surface area (Å²) in [6, 6.07) is 6.89. The minimum Gasteiger partial charge on any atom is -0.456 e. The predicted octanol–water partition coefficient (Wildman–Crippen LogP) is 1.98. The van der Waals surface area contributed by atoms with Crippen LogP contribution in [0.25, 0.3) is 0 Å². The van der Waals surface area contributed by atoms with Gasteiger partial charge in [0.2, 0.25) is 0 Å². The minimum atomic E-state index is -0.512. The van der Waals surface area contributed by atoms with Crippen molar-refractivity contribution in [3.63, 3.8) is 0 Å². The molecule has 0 bridgehead atoms. The van der Waals surface area contributed by atoms with Gasteiger partial charge in [-0.1, -0.05) is 15.9 Å². The zero-order valence-corrected chi connectivity index (χ0v) is 14.9. The number of hydrogen-bond donors (Lipinski definition) is 1. The third-order valence-electron chi connectivity index (χ3n) is 3.19. The summed E-state index contributed by atoms with van der Waals surface area (Å²) < 4.78 is 5.79. The summed E-state index contributed by atoms with van der Waals surface area (Å²) in [5, 5.41) is 2.63. The van der Waals surface area contributed by atoms with E-state index in [1.165, 1.54) is 0 Å². The number of esters is 1. The van der Waals surface area contributed by atoms with Gasteiger partial charge in [-0.05, 0) is 38.1 Å². The van der Waals surface area contributed by atoms with E-state index in [1.54, 1.807) is 29.2 Å². The molecule has 6 nitrogen and oxygen atoms in total. The third kappa shape index (κ3) is 6.81. The molecule has 0 spiro atoms. The quantitative estimate of drug-likeness (QED) is 0.695. The number of rotatable bonds is 8. The van der Waals surface area contributed by atoms with E-state index in [2.05, 4.69) is 21.2 Å². The Morgan fingerprint density at radius 2 is 1.74 bits per heavy atom. The fraction of sp³-hybridized carbons (Fsp3) is 0.438. The van der Waals surface area contributed by atoms with Crippen molar-refractivity contribution in [3.8, 4) is 0 Å². The van der Waals surface area contributed by atoms with E-state index >= 15 is 0 Å². The molecule has 0 heterocycles. The zero-order valence-electron chi connectivity index (χ0n) is 13.3. The predicted molar refractivity (Wildman–Crippen MR) is 90.0 cm³/mol. The Hall–Kier alpha value is -1.89. The first-order valence-electron chi connectivity index (χ1n) is 7.45. The number of halogens is 1. The first-order chi connectivity index (χ1) is 11.0. The maximum atomic E-state index is 11.8. The van der Waals surface area contributed by atoms with Crippen molar-refractivity contribution in [2.45, 2.75) is 20.3 Å². The summed E-state index contributed by atoms with van der Waals surface area (Å²) in [6.07, 6.45) is 0.0216. The zero-order chi connectivity index (χ0) is 17.2. The molecular weight excluding hydrogens is 364 g/mol.